The molecule has 1 aromatic heterocycles. The van der Waals surface area contributed by atoms with Crippen molar-refractivity contribution in [2.75, 3.05) is 18.6 Å². The van der Waals surface area contributed by atoms with Gasteiger partial charge >= 0.3 is 6.61 Å². The lowest BCUT2D eigenvalue weighted by atomic mass is 10.1. The minimum Gasteiger partial charge on any atom is -0.489 e. The largest absolute Gasteiger partial charge is 0.489 e. The predicted molar refractivity (Wildman–Crippen MR) is 147 cm³/mol. The molecule has 1 aliphatic rings. The van der Waals surface area contributed by atoms with Crippen molar-refractivity contribution in [1.29, 1.82) is 0 Å². The predicted octanol–water partition coefficient (Wildman–Crippen LogP) is 6.64. The van der Waals surface area contributed by atoms with E-state index in [-0.39, 0.29) is 18.0 Å². The number of aryl methyl sites for hydroxylation is 1. The van der Waals surface area contributed by atoms with Gasteiger partial charge in [-0.1, -0.05) is 19.9 Å². The van der Waals surface area contributed by atoms with Crippen LogP contribution >= 0.6 is 11.8 Å². The van der Waals surface area contributed by atoms with Crippen LogP contribution in [-0.4, -0.2) is 36.6 Å². The molecule has 0 spiro atoms. The van der Waals surface area contributed by atoms with E-state index in [1.54, 1.807) is 19.1 Å². The minimum absolute atomic E-state index is 0.00623. The molecule has 0 bridgehead atoms. The number of aromatic nitrogens is 1. The van der Waals surface area contributed by atoms with Gasteiger partial charge in [0.15, 0.2) is 11.5 Å². The standard InChI is InChI=1S/C16H18F2N2O3.C10H11F2NOS.C2H6/c1-9-14(7-19)22-15(20-9)11-4-5-12(23-16(17)18)13(6-11)21-8-10-2-3-10;1-15-5-10(13-6-14)8-3-2-7(11)4-9(8)12;1-2/h4-6,10,16H,2-3,7-8,19H2,1H3;2-4,6,10H,5H2,1H3,(H,13,14);1-2H3. The first-order valence-corrected chi connectivity index (χ1v) is 14.2. The van der Waals surface area contributed by atoms with E-state index in [1.165, 1.54) is 30.0 Å². The molecule has 1 fully saturated rings. The van der Waals surface area contributed by atoms with Crippen molar-refractivity contribution in [2.24, 2.45) is 11.7 Å². The number of ether oxygens (including phenoxy) is 2. The quantitative estimate of drug-likeness (QED) is 0.182. The number of thioether (sulfide) groups is 1. The highest BCUT2D eigenvalue weighted by Crippen LogP contribution is 2.36. The topological polar surface area (TPSA) is 99.6 Å². The fourth-order valence-electron chi connectivity index (χ4n) is 3.44. The third kappa shape index (κ3) is 10.1. The lowest BCUT2D eigenvalue weighted by molar-refractivity contribution is -0.110. The van der Waals surface area contributed by atoms with Crippen LogP contribution in [0, 0.1) is 24.5 Å². The number of halogens is 4. The molecule has 1 saturated carbocycles. The Hall–Kier alpha value is -3.25. The number of rotatable bonds is 12. The molecule has 1 atom stereocenters. The number of nitrogens with zero attached hydrogens (tertiary/aromatic N) is 1. The highest BCUT2D eigenvalue weighted by molar-refractivity contribution is 7.98. The SMILES string of the molecule is CC.CSCC(NC=O)c1ccc(F)cc1F.Cc1nc(-c2ccc(OC(F)F)c(OCC3CC3)c2)oc1CN. The Morgan fingerprint density at radius 2 is 1.90 bits per heavy atom. The van der Waals surface area contributed by atoms with Crippen LogP contribution in [0.2, 0.25) is 0 Å². The summed E-state index contributed by atoms with van der Waals surface area (Å²) in [6.07, 6.45) is 4.57. The number of benzene rings is 2. The van der Waals surface area contributed by atoms with Crippen LogP contribution in [0.1, 0.15) is 49.7 Å². The maximum atomic E-state index is 13.3. The number of oxazole rings is 1. The number of carbonyl (C=O) groups is 1. The van der Waals surface area contributed by atoms with E-state index in [2.05, 4.69) is 15.0 Å². The summed E-state index contributed by atoms with van der Waals surface area (Å²) >= 11 is 1.48. The molecule has 2 aromatic carbocycles. The minimum atomic E-state index is -2.91. The zero-order valence-corrected chi connectivity index (χ0v) is 23.7. The van der Waals surface area contributed by atoms with Crippen LogP contribution in [0.4, 0.5) is 17.6 Å². The molecule has 0 saturated heterocycles. The smallest absolute Gasteiger partial charge is 0.387 e. The molecular weight excluding hydrogens is 550 g/mol. The molecule has 1 unspecified atom stereocenters. The summed E-state index contributed by atoms with van der Waals surface area (Å²) in [5.74, 6) is 1.02. The van der Waals surface area contributed by atoms with Crippen LogP contribution in [0.15, 0.2) is 40.8 Å². The molecule has 3 N–H and O–H groups in total. The Bertz CT molecular complexity index is 1210. The number of amides is 1. The van der Waals surface area contributed by atoms with Crippen molar-refractivity contribution in [2.45, 2.75) is 52.8 Å². The van der Waals surface area contributed by atoms with Gasteiger partial charge in [0, 0.05) is 22.9 Å². The molecule has 12 heteroatoms. The van der Waals surface area contributed by atoms with E-state index in [0.717, 1.165) is 18.9 Å². The monoisotopic (exact) mass is 585 g/mol. The highest BCUT2D eigenvalue weighted by atomic mass is 32.2. The van der Waals surface area contributed by atoms with Crippen LogP contribution in [0.3, 0.4) is 0 Å². The first kappa shape index (κ1) is 33.0. The molecule has 1 aliphatic carbocycles. The van der Waals surface area contributed by atoms with E-state index >= 15 is 0 Å². The van der Waals surface area contributed by atoms with Gasteiger partial charge in [-0.05, 0) is 56.2 Å². The summed E-state index contributed by atoms with van der Waals surface area (Å²) in [7, 11) is 0. The molecule has 1 heterocycles. The van der Waals surface area contributed by atoms with Crippen molar-refractivity contribution in [3.05, 3.63) is 65.1 Å². The Labute approximate surface area is 235 Å². The number of hydrogen-bond donors (Lipinski definition) is 2. The van der Waals surface area contributed by atoms with E-state index in [1.807, 2.05) is 20.1 Å². The zero-order chi connectivity index (χ0) is 29.7. The van der Waals surface area contributed by atoms with Gasteiger partial charge in [-0.3, -0.25) is 4.79 Å². The molecule has 0 radical (unpaired) electrons. The fraction of sp³-hybridized carbons (Fsp3) is 0.429. The molecule has 4 rings (SSSR count). The Morgan fingerprint density at radius 1 is 1.18 bits per heavy atom. The maximum Gasteiger partial charge on any atom is 0.387 e. The first-order chi connectivity index (χ1) is 19.2. The summed E-state index contributed by atoms with van der Waals surface area (Å²) in [6.45, 7) is 3.63. The number of nitrogens with one attached hydrogen (secondary N) is 1. The molecule has 0 aliphatic heterocycles. The molecule has 1 amide bonds. The second kappa shape index (κ2) is 16.8. The van der Waals surface area contributed by atoms with Crippen molar-refractivity contribution >= 4 is 18.2 Å². The third-order valence-corrected chi connectivity index (χ3v) is 6.26. The second-order valence-electron chi connectivity index (χ2n) is 8.48. The summed E-state index contributed by atoms with van der Waals surface area (Å²) in [5, 5.41) is 2.50. The van der Waals surface area contributed by atoms with Gasteiger partial charge in [0.1, 0.15) is 17.4 Å². The average molecular weight is 586 g/mol. The number of carbonyl (C=O) groups excluding carboxylic acids is 1. The van der Waals surface area contributed by atoms with Crippen LogP contribution in [-0.2, 0) is 11.3 Å². The normalized spacial score (nSPS) is 12.9. The third-order valence-electron chi connectivity index (χ3n) is 5.60. The summed E-state index contributed by atoms with van der Waals surface area (Å²) in [4.78, 5) is 14.6. The van der Waals surface area contributed by atoms with Crippen molar-refractivity contribution in [3.8, 4) is 23.0 Å². The van der Waals surface area contributed by atoms with Gasteiger partial charge in [-0.2, -0.15) is 20.5 Å². The fourth-order valence-corrected chi connectivity index (χ4v) is 4.05. The Balaban J connectivity index is 0.000000287. The number of hydrogen-bond acceptors (Lipinski definition) is 7. The van der Waals surface area contributed by atoms with E-state index in [9.17, 15) is 22.4 Å². The average Bonchev–Trinajstić information content (AvgIpc) is 3.69. The molecule has 220 valence electrons. The van der Waals surface area contributed by atoms with Crippen molar-refractivity contribution in [1.82, 2.24) is 10.3 Å². The lowest BCUT2D eigenvalue weighted by Gasteiger charge is -2.15. The number of alkyl halides is 2. The van der Waals surface area contributed by atoms with E-state index in [0.29, 0.717) is 53.2 Å². The molecular formula is C28H35F4N3O4S. The van der Waals surface area contributed by atoms with Gasteiger partial charge in [0.05, 0.1) is 24.9 Å². The Kier molecular flexibility index (Phi) is 13.8. The van der Waals surface area contributed by atoms with Crippen LogP contribution in [0.25, 0.3) is 11.5 Å². The van der Waals surface area contributed by atoms with Gasteiger partial charge in [0.25, 0.3) is 0 Å². The maximum absolute atomic E-state index is 13.3. The lowest BCUT2D eigenvalue weighted by Crippen LogP contribution is -2.22. The summed E-state index contributed by atoms with van der Waals surface area (Å²) in [6, 6.07) is 7.57. The second-order valence-corrected chi connectivity index (χ2v) is 9.40. The van der Waals surface area contributed by atoms with Gasteiger partial charge in [0.2, 0.25) is 12.3 Å². The van der Waals surface area contributed by atoms with Gasteiger partial charge in [-0.15, -0.1) is 0 Å². The van der Waals surface area contributed by atoms with E-state index < -0.39 is 24.3 Å². The zero-order valence-electron chi connectivity index (χ0n) is 22.9. The first-order valence-electron chi connectivity index (χ1n) is 12.8. The van der Waals surface area contributed by atoms with Crippen molar-refractivity contribution in [3.63, 3.8) is 0 Å². The Morgan fingerprint density at radius 3 is 2.45 bits per heavy atom. The van der Waals surface area contributed by atoms with Crippen LogP contribution in [0.5, 0.6) is 11.5 Å². The molecule has 7 nitrogen and oxygen atoms in total. The van der Waals surface area contributed by atoms with E-state index in [4.69, 9.17) is 14.9 Å². The van der Waals surface area contributed by atoms with Gasteiger partial charge in [-0.25, -0.2) is 13.8 Å². The number of nitrogens with two attached hydrogens (primary N) is 1. The molecule has 40 heavy (non-hydrogen) atoms. The van der Waals surface area contributed by atoms with Crippen molar-refractivity contribution < 1.29 is 36.2 Å². The van der Waals surface area contributed by atoms with Gasteiger partial charge < -0.3 is 24.9 Å². The summed E-state index contributed by atoms with van der Waals surface area (Å²) in [5.41, 5.74) is 7.21. The van der Waals surface area contributed by atoms with Crippen LogP contribution < -0.4 is 20.5 Å². The molecule has 3 aromatic rings. The summed E-state index contributed by atoms with van der Waals surface area (Å²) < 4.78 is 66.7. The highest BCUT2D eigenvalue weighted by Gasteiger charge is 2.23.